The Morgan fingerprint density at radius 2 is 1.36 bits per heavy atom. The Bertz CT molecular complexity index is 549. The molecule has 0 saturated heterocycles. The summed E-state index contributed by atoms with van der Waals surface area (Å²) in [5, 5.41) is 4.60. The Morgan fingerprint density at radius 1 is 0.909 bits per heavy atom. The average Bonchev–Trinajstić information content (AvgIpc) is 3.20. The molecule has 0 aliphatic rings. The van der Waals surface area contributed by atoms with Crippen molar-refractivity contribution in [3.8, 4) is 0 Å². The Hall–Kier alpha value is -3.16. The number of furan rings is 2. The van der Waals surface area contributed by atoms with Crippen molar-refractivity contribution in [3.05, 3.63) is 60.7 Å². The van der Waals surface area contributed by atoms with Crippen LogP contribution >= 0.6 is 0 Å². The summed E-state index contributed by atoms with van der Waals surface area (Å²) in [6.07, 6.45) is 4.01. The van der Waals surface area contributed by atoms with E-state index < -0.39 is 12.2 Å². The maximum absolute atomic E-state index is 11.3. The van der Waals surface area contributed by atoms with Crippen LogP contribution in [0.2, 0.25) is 0 Å². The van der Waals surface area contributed by atoms with Crippen LogP contribution in [0, 0.1) is 0 Å². The fourth-order valence-corrected chi connectivity index (χ4v) is 1.37. The van der Waals surface area contributed by atoms with Gasteiger partial charge in [0.2, 0.25) is 0 Å². The molecular weight excluding hydrogens is 292 g/mol. The quantitative estimate of drug-likeness (QED) is 0.850. The molecule has 0 fully saturated rings. The van der Waals surface area contributed by atoms with Gasteiger partial charge in [0.25, 0.3) is 0 Å². The van der Waals surface area contributed by atoms with E-state index in [9.17, 15) is 9.59 Å². The number of carbonyl (C=O) groups is 2. The van der Waals surface area contributed by atoms with Crippen molar-refractivity contribution in [2.75, 3.05) is 0 Å². The van der Waals surface area contributed by atoms with Crippen LogP contribution in [0.4, 0.5) is 9.59 Å². The molecular formula is C14H14N2O6. The Labute approximate surface area is 125 Å². The van der Waals surface area contributed by atoms with E-state index in [2.05, 4.69) is 10.6 Å². The van der Waals surface area contributed by atoms with Crippen LogP contribution in [-0.2, 0) is 22.7 Å². The zero-order chi connectivity index (χ0) is 15.6. The zero-order valence-electron chi connectivity index (χ0n) is 11.5. The molecule has 2 aromatic heterocycles. The minimum atomic E-state index is -0.682. The summed E-state index contributed by atoms with van der Waals surface area (Å²) in [5.41, 5.74) is 0. The Kier molecular flexibility index (Phi) is 5.68. The molecule has 0 unspecified atom stereocenters. The van der Waals surface area contributed by atoms with Crippen LogP contribution in [0.1, 0.15) is 11.5 Å². The first kappa shape index (κ1) is 15.2. The highest BCUT2D eigenvalue weighted by Gasteiger charge is 2.03. The predicted octanol–water partition coefficient (Wildman–Crippen LogP) is 2.50. The second-order valence-electron chi connectivity index (χ2n) is 3.93. The first-order valence-corrected chi connectivity index (χ1v) is 6.30. The average molecular weight is 306 g/mol. The van der Waals surface area contributed by atoms with Gasteiger partial charge in [-0.25, -0.2) is 9.59 Å². The molecule has 2 aromatic rings. The summed E-state index contributed by atoms with van der Waals surface area (Å²) >= 11 is 0. The van der Waals surface area contributed by atoms with E-state index >= 15 is 0 Å². The molecule has 0 radical (unpaired) electrons. The maximum atomic E-state index is 11.3. The summed E-state index contributed by atoms with van der Waals surface area (Å²) in [7, 11) is 0. The van der Waals surface area contributed by atoms with E-state index in [1.807, 2.05) is 0 Å². The van der Waals surface area contributed by atoms with Gasteiger partial charge in [-0.1, -0.05) is 0 Å². The summed E-state index contributed by atoms with van der Waals surface area (Å²) in [4.78, 5) is 22.6. The molecule has 0 atom stereocenters. The lowest BCUT2D eigenvalue weighted by atomic mass is 10.5. The van der Waals surface area contributed by atoms with Gasteiger partial charge in [-0.15, -0.1) is 0 Å². The number of alkyl carbamates (subject to hydrolysis) is 2. The standard InChI is InChI=1S/C14H14N2O6/c17-13(21-9-11-3-1-7-19-11)15-5-6-16-14(18)22-10-12-4-2-8-20-12/h1-8H,9-10H2,(H,15,17)(H,16,18)/b6-5+. The molecule has 0 aromatic carbocycles. The van der Waals surface area contributed by atoms with Gasteiger partial charge in [0.15, 0.2) is 13.2 Å². The van der Waals surface area contributed by atoms with Gasteiger partial charge in [-0.3, -0.25) is 10.6 Å². The highest BCUT2D eigenvalue weighted by molar-refractivity contribution is 5.70. The van der Waals surface area contributed by atoms with Gasteiger partial charge in [-0.05, 0) is 24.3 Å². The first-order valence-electron chi connectivity index (χ1n) is 6.30. The van der Waals surface area contributed by atoms with Crippen molar-refractivity contribution in [2.24, 2.45) is 0 Å². The number of nitrogens with one attached hydrogen (secondary N) is 2. The lowest BCUT2D eigenvalue weighted by Crippen LogP contribution is -2.22. The zero-order valence-corrected chi connectivity index (χ0v) is 11.5. The van der Waals surface area contributed by atoms with E-state index in [-0.39, 0.29) is 13.2 Å². The molecule has 8 heteroatoms. The third-order valence-electron chi connectivity index (χ3n) is 2.34. The molecule has 2 amide bonds. The van der Waals surface area contributed by atoms with Gasteiger partial charge < -0.3 is 18.3 Å². The smallest absolute Gasteiger partial charge is 0.411 e. The van der Waals surface area contributed by atoms with E-state index in [1.165, 1.54) is 24.9 Å². The van der Waals surface area contributed by atoms with Crippen molar-refractivity contribution in [1.82, 2.24) is 10.6 Å². The fourth-order valence-electron chi connectivity index (χ4n) is 1.37. The molecule has 22 heavy (non-hydrogen) atoms. The highest BCUT2D eigenvalue weighted by Crippen LogP contribution is 2.02. The van der Waals surface area contributed by atoms with Crippen LogP contribution in [0.3, 0.4) is 0 Å². The SMILES string of the molecule is O=C(N/C=C/NC(=O)OCc1ccco1)OCc1ccco1. The number of rotatable bonds is 6. The number of amides is 2. The number of carbonyl (C=O) groups excluding carboxylic acids is 2. The van der Waals surface area contributed by atoms with E-state index in [1.54, 1.807) is 24.3 Å². The minimum absolute atomic E-state index is 0.0191. The highest BCUT2D eigenvalue weighted by atomic mass is 16.6. The number of ether oxygens (including phenoxy) is 2. The molecule has 0 aliphatic heterocycles. The van der Waals surface area contributed by atoms with E-state index in [0.717, 1.165) is 0 Å². The van der Waals surface area contributed by atoms with Crippen LogP contribution in [-0.4, -0.2) is 12.2 Å². The molecule has 2 N–H and O–H groups in total. The fraction of sp³-hybridized carbons (Fsp3) is 0.143. The molecule has 0 saturated carbocycles. The van der Waals surface area contributed by atoms with Crippen molar-refractivity contribution in [2.45, 2.75) is 13.2 Å². The molecule has 2 rings (SSSR count). The molecule has 2 heterocycles. The van der Waals surface area contributed by atoms with Gasteiger partial charge in [0.05, 0.1) is 12.5 Å². The molecule has 8 nitrogen and oxygen atoms in total. The molecule has 0 spiro atoms. The van der Waals surface area contributed by atoms with Gasteiger partial charge in [0, 0.05) is 12.4 Å². The number of hydrogen-bond donors (Lipinski definition) is 2. The van der Waals surface area contributed by atoms with Gasteiger partial charge in [-0.2, -0.15) is 0 Å². The second kappa shape index (κ2) is 8.20. The van der Waals surface area contributed by atoms with Crippen LogP contribution < -0.4 is 10.6 Å². The topological polar surface area (TPSA) is 103 Å². The molecule has 0 aliphatic carbocycles. The molecule has 0 bridgehead atoms. The monoisotopic (exact) mass is 306 g/mol. The Balaban J connectivity index is 1.56. The lowest BCUT2D eigenvalue weighted by Gasteiger charge is -2.03. The second-order valence-corrected chi connectivity index (χ2v) is 3.93. The Morgan fingerprint density at radius 3 is 1.73 bits per heavy atom. The van der Waals surface area contributed by atoms with Gasteiger partial charge in [0.1, 0.15) is 11.5 Å². The van der Waals surface area contributed by atoms with Crippen molar-refractivity contribution in [3.63, 3.8) is 0 Å². The van der Waals surface area contributed by atoms with Crippen LogP contribution in [0.5, 0.6) is 0 Å². The normalized spacial score (nSPS) is 10.4. The minimum Gasteiger partial charge on any atom is -0.466 e. The third kappa shape index (κ3) is 5.45. The summed E-state index contributed by atoms with van der Waals surface area (Å²) in [5.74, 6) is 1.05. The summed E-state index contributed by atoms with van der Waals surface area (Å²) in [6.45, 7) is 0.0383. The third-order valence-corrected chi connectivity index (χ3v) is 2.34. The van der Waals surface area contributed by atoms with Crippen molar-refractivity contribution >= 4 is 12.2 Å². The van der Waals surface area contributed by atoms with Gasteiger partial charge >= 0.3 is 12.2 Å². The maximum Gasteiger partial charge on any atom is 0.411 e. The van der Waals surface area contributed by atoms with Crippen LogP contribution in [0.15, 0.2) is 58.0 Å². The first-order chi connectivity index (χ1) is 10.7. The van der Waals surface area contributed by atoms with Crippen LogP contribution in [0.25, 0.3) is 0 Å². The summed E-state index contributed by atoms with van der Waals surface area (Å²) in [6, 6.07) is 6.74. The summed E-state index contributed by atoms with van der Waals surface area (Å²) < 4.78 is 19.7. The van der Waals surface area contributed by atoms with Crippen molar-refractivity contribution < 1.29 is 27.9 Å². The lowest BCUT2D eigenvalue weighted by molar-refractivity contribution is 0.133. The van der Waals surface area contributed by atoms with E-state index in [4.69, 9.17) is 18.3 Å². The van der Waals surface area contributed by atoms with Crippen molar-refractivity contribution in [1.29, 1.82) is 0 Å². The predicted molar refractivity (Wildman–Crippen MR) is 73.2 cm³/mol. The van der Waals surface area contributed by atoms with E-state index in [0.29, 0.717) is 11.5 Å². The largest absolute Gasteiger partial charge is 0.466 e. The number of hydrogen-bond acceptors (Lipinski definition) is 6. The molecule has 116 valence electrons.